The Bertz CT molecular complexity index is 315. The maximum Gasteiger partial charge on any atom is 0.223 e. The van der Waals surface area contributed by atoms with Crippen molar-refractivity contribution < 1.29 is 4.79 Å². The zero-order chi connectivity index (χ0) is 9.97. The number of rotatable bonds is 3. The molecule has 1 amide bonds. The lowest BCUT2D eigenvalue weighted by Crippen LogP contribution is -2.24. The molecule has 0 N–H and O–H groups in total. The molecule has 0 radical (unpaired) electrons. The van der Waals surface area contributed by atoms with Crippen molar-refractivity contribution in [1.29, 1.82) is 0 Å². The van der Waals surface area contributed by atoms with E-state index in [2.05, 4.69) is 20.9 Å². The predicted molar refractivity (Wildman–Crippen MR) is 59.4 cm³/mol. The zero-order valence-corrected chi connectivity index (χ0v) is 10.1. The quantitative estimate of drug-likeness (QED) is 0.789. The molecule has 0 aromatic carbocycles. The molecule has 1 fully saturated rings. The average molecular weight is 275 g/mol. The van der Waals surface area contributed by atoms with E-state index in [0.717, 1.165) is 23.3 Å². The minimum absolute atomic E-state index is 0.267. The fourth-order valence-corrected chi connectivity index (χ4v) is 2.66. The van der Waals surface area contributed by atoms with Crippen LogP contribution in [0.3, 0.4) is 0 Å². The standard InChI is InChI=1S/C9H11BrN2OS/c10-2-7-1-9(13)12(4-7)5-8-3-11-6-14-8/h3,6-7H,1-2,4-5H2. The molecule has 5 heteroatoms. The predicted octanol–water partition coefficient (Wildman–Crippen LogP) is 1.89. The van der Waals surface area contributed by atoms with Crippen LogP contribution in [0.15, 0.2) is 11.7 Å². The van der Waals surface area contributed by atoms with E-state index in [1.54, 1.807) is 16.8 Å². The summed E-state index contributed by atoms with van der Waals surface area (Å²) in [6, 6.07) is 0. The highest BCUT2D eigenvalue weighted by Gasteiger charge is 2.28. The van der Waals surface area contributed by atoms with E-state index >= 15 is 0 Å². The van der Waals surface area contributed by atoms with Gasteiger partial charge in [-0.1, -0.05) is 15.9 Å². The average Bonchev–Trinajstić information content (AvgIpc) is 2.78. The fourth-order valence-electron chi connectivity index (χ4n) is 1.62. The third kappa shape index (κ3) is 2.15. The summed E-state index contributed by atoms with van der Waals surface area (Å²) < 4.78 is 0. The molecule has 2 heterocycles. The summed E-state index contributed by atoms with van der Waals surface area (Å²) in [6.45, 7) is 1.61. The van der Waals surface area contributed by atoms with E-state index < -0.39 is 0 Å². The van der Waals surface area contributed by atoms with E-state index in [-0.39, 0.29) is 5.91 Å². The SMILES string of the molecule is O=C1CC(CBr)CN1Cc1cncs1. The number of thiazole rings is 1. The molecule has 0 spiro atoms. The molecule has 0 aliphatic carbocycles. The highest BCUT2D eigenvalue weighted by molar-refractivity contribution is 9.09. The monoisotopic (exact) mass is 274 g/mol. The number of hydrogen-bond acceptors (Lipinski definition) is 3. The summed E-state index contributed by atoms with van der Waals surface area (Å²) in [7, 11) is 0. The second kappa shape index (κ2) is 4.40. The van der Waals surface area contributed by atoms with Gasteiger partial charge >= 0.3 is 0 Å². The Morgan fingerprint density at radius 3 is 3.14 bits per heavy atom. The van der Waals surface area contributed by atoms with Gasteiger partial charge in [0.15, 0.2) is 0 Å². The Hall–Kier alpha value is -0.420. The van der Waals surface area contributed by atoms with E-state index in [1.165, 1.54) is 0 Å². The normalized spacial score (nSPS) is 21.9. The first-order valence-electron chi connectivity index (χ1n) is 4.50. The van der Waals surface area contributed by atoms with Gasteiger partial charge in [-0.05, 0) is 5.92 Å². The van der Waals surface area contributed by atoms with Gasteiger partial charge in [-0.25, -0.2) is 0 Å². The third-order valence-corrected chi connectivity index (χ3v) is 4.02. The van der Waals surface area contributed by atoms with Gasteiger partial charge in [-0.15, -0.1) is 11.3 Å². The molecule has 1 aliphatic heterocycles. The Labute approximate surface area is 95.3 Å². The number of amides is 1. The second-order valence-corrected chi connectivity index (χ2v) is 5.08. The van der Waals surface area contributed by atoms with Crippen LogP contribution in [0.1, 0.15) is 11.3 Å². The minimum Gasteiger partial charge on any atom is -0.337 e. The number of aromatic nitrogens is 1. The molecule has 3 nitrogen and oxygen atoms in total. The molecule has 1 unspecified atom stereocenters. The number of halogens is 1. The first kappa shape index (κ1) is 10.1. The summed E-state index contributed by atoms with van der Waals surface area (Å²) >= 11 is 5.02. The van der Waals surface area contributed by atoms with Gasteiger partial charge in [-0.3, -0.25) is 9.78 Å². The summed E-state index contributed by atoms with van der Waals surface area (Å²) in [4.78, 5) is 18.6. The van der Waals surface area contributed by atoms with Crippen LogP contribution >= 0.6 is 27.3 Å². The molecule has 2 rings (SSSR count). The van der Waals surface area contributed by atoms with Crippen molar-refractivity contribution in [3.63, 3.8) is 0 Å². The Morgan fingerprint density at radius 1 is 1.71 bits per heavy atom. The van der Waals surface area contributed by atoms with E-state index in [9.17, 15) is 4.79 Å². The molecule has 1 aromatic rings. The van der Waals surface area contributed by atoms with E-state index in [0.29, 0.717) is 12.3 Å². The molecule has 1 atom stereocenters. The molecule has 1 aromatic heterocycles. The smallest absolute Gasteiger partial charge is 0.223 e. The van der Waals surface area contributed by atoms with Crippen molar-refractivity contribution in [2.45, 2.75) is 13.0 Å². The van der Waals surface area contributed by atoms with Crippen molar-refractivity contribution in [3.05, 3.63) is 16.6 Å². The molecule has 0 bridgehead atoms. The first-order chi connectivity index (χ1) is 6.79. The maximum absolute atomic E-state index is 11.6. The highest BCUT2D eigenvalue weighted by Crippen LogP contribution is 2.22. The van der Waals surface area contributed by atoms with Gasteiger partial charge in [0, 0.05) is 29.4 Å². The number of carbonyl (C=O) groups is 1. The lowest BCUT2D eigenvalue weighted by atomic mass is 10.2. The molecule has 14 heavy (non-hydrogen) atoms. The van der Waals surface area contributed by atoms with Crippen LogP contribution in [0, 0.1) is 5.92 Å². The van der Waals surface area contributed by atoms with Crippen LogP contribution in [0.5, 0.6) is 0 Å². The molecular formula is C9H11BrN2OS. The number of alkyl halides is 1. The lowest BCUT2D eigenvalue weighted by Gasteiger charge is -2.14. The van der Waals surface area contributed by atoms with Gasteiger partial charge in [0.2, 0.25) is 5.91 Å². The third-order valence-electron chi connectivity index (χ3n) is 2.34. The van der Waals surface area contributed by atoms with Crippen LogP contribution in [0.25, 0.3) is 0 Å². The molecule has 1 aliphatic rings. The second-order valence-electron chi connectivity index (χ2n) is 3.47. The first-order valence-corrected chi connectivity index (χ1v) is 6.51. The van der Waals surface area contributed by atoms with Gasteiger partial charge < -0.3 is 4.90 Å². The van der Waals surface area contributed by atoms with Crippen molar-refractivity contribution in [2.24, 2.45) is 5.92 Å². The molecule has 0 saturated carbocycles. The van der Waals surface area contributed by atoms with Gasteiger partial charge in [0.25, 0.3) is 0 Å². The van der Waals surface area contributed by atoms with E-state index in [4.69, 9.17) is 0 Å². The Kier molecular flexibility index (Phi) is 3.18. The maximum atomic E-state index is 11.6. The molecular weight excluding hydrogens is 264 g/mol. The Balaban J connectivity index is 1.96. The van der Waals surface area contributed by atoms with Gasteiger partial charge in [-0.2, -0.15) is 0 Å². The topological polar surface area (TPSA) is 33.2 Å². The van der Waals surface area contributed by atoms with Crippen molar-refractivity contribution in [1.82, 2.24) is 9.88 Å². The largest absolute Gasteiger partial charge is 0.337 e. The van der Waals surface area contributed by atoms with Crippen molar-refractivity contribution in [2.75, 3.05) is 11.9 Å². The Morgan fingerprint density at radius 2 is 2.57 bits per heavy atom. The number of nitrogens with zero attached hydrogens (tertiary/aromatic N) is 2. The highest BCUT2D eigenvalue weighted by atomic mass is 79.9. The van der Waals surface area contributed by atoms with Crippen LogP contribution < -0.4 is 0 Å². The van der Waals surface area contributed by atoms with Crippen LogP contribution in [-0.2, 0) is 11.3 Å². The summed E-state index contributed by atoms with van der Waals surface area (Å²) in [5.74, 6) is 0.748. The molecule has 1 saturated heterocycles. The summed E-state index contributed by atoms with van der Waals surface area (Å²) in [5, 5.41) is 0.915. The van der Waals surface area contributed by atoms with Crippen LogP contribution in [-0.4, -0.2) is 27.7 Å². The lowest BCUT2D eigenvalue weighted by molar-refractivity contribution is -0.128. The molecule has 76 valence electrons. The minimum atomic E-state index is 0.267. The van der Waals surface area contributed by atoms with Gasteiger partial charge in [0.1, 0.15) is 0 Å². The number of likely N-dealkylation sites (tertiary alicyclic amines) is 1. The zero-order valence-electron chi connectivity index (χ0n) is 7.65. The fraction of sp³-hybridized carbons (Fsp3) is 0.556. The summed E-state index contributed by atoms with van der Waals surface area (Å²) in [5.41, 5.74) is 1.80. The number of hydrogen-bond donors (Lipinski definition) is 0. The van der Waals surface area contributed by atoms with Crippen LogP contribution in [0.2, 0.25) is 0 Å². The van der Waals surface area contributed by atoms with Crippen LogP contribution in [0.4, 0.5) is 0 Å². The van der Waals surface area contributed by atoms with Crippen molar-refractivity contribution >= 4 is 33.2 Å². The van der Waals surface area contributed by atoms with Crippen molar-refractivity contribution in [3.8, 4) is 0 Å². The van der Waals surface area contributed by atoms with E-state index in [1.807, 2.05) is 11.1 Å². The summed E-state index contributed by atoms with van der Waals surface area (Å²) in [6.07, 6.45) is 2.52. The number of carbonyl (C=O) groups excluding carboxylic acids is 1. The van der Waals surface area contributed by atoms with Gasteiger partial charge in [0.05, 0.1) is 12.1 Å².